The van der Waals surface area contributed by atoms with Crippen LogP contribution in [-0.2, 0) is 0 Å². The zero-order chi connectivity index (χ0) is 15.0. The normalized spacial score (nSPS) is 28.9. The van der Waals surface area contributed by atoms with Gasteiger partial charge in [0.2, 0.25) is 0 Å². The molecule has 0 spiro atoms. The molecular formula is C14H26N6OP+. The first-order valence-corrected chi connectivity index (χ1v) is 10.2. The lowest BCUT2D eigenvalue weighted by Gasteiger charge is -2.40. The maximum atomic E-state index is 11.9. The molecule has 7 nitrogen and oxygen atoms in total. The lowest BCUT2D eigenvalue weighted by Crippen LogP contribution is -2.44. The highest BCUT2D eigenvalue weighted by Gasteiger charge is 2.61. The minimum Gasteiger partial charge on any atom is -0.232 e. The van der Waals surface area contributed by atoms with E-state index in [1.165, 1.54) is 25.7 Å². The molecule has 0 amide bonds. The molecule has 3 saturated heterocycles. The molecule has 0 bridgehead atoms. The van der Waals surface area contributed by atoms with E-state index in [0.29, 0.717) is 0 Å². The van der Waals surface area contributed by atoms with Crippen LogP contribution in [0.1, 0.15) is 44.7 Å². The molecule has 4 rings (SSSR count). The Labute approximate surface area is 132 Å². The van der Waals surface area contributed by atoms with E-state index in [4.69, 9.17) is 0 Å². The van der Waals surface area contributed by atoms with E-state index in [2.05, 4.69) is 24.3 Å². The molecule has 0 radical (unpaired) electrons. The monoisotopic (exact) mass is 325 g/mol. The van der Waals surface area contributed by atoms with Crippen molar-refractivity contribution in [3.05, 3.63) is 12.4 Å². The summed E-state index contributed by atoms with van der Waals surface area (Å²) in [5.41, 5.74) is 0. The lowest BCUT2D eigenvalue weighted by atomic mass is 10.3. The second-order valence-corrected chi connectivity index (χ2v) is 9.25. The number of aromatic nitrogens is 3. The van der Waals surface area contributed by atoms with Crippen LogP contribution in [0.2, 0.25) is 0 Å². The summed E-state index contributed by atoms with van der Waals surface area (Å²) >= 11 is 0. The highest BCUT2D eigenvalue weighted by molar-refractivity contribution is 7.63. The predicted molar refractivity (Wildman–Crippen MR) is 85.8 cm³/mol. The molecule has 1 N–H and O–H groups in total. The van der Waals surface area contributed by atoms with Gasteiger partial charge in [-0.3, -0.25) is 0 Å². The predicted octanol–water partition coefficient (Wildman–Crippen LogP) is 1.73. The number of rotatable bonds is 4. The van der Waals surface area contributed by atoms with E-state index in [1.54, 1.807) is 6.20 Å². The van der Waals surface area contributed by atoms with Gasteiger partial charge >= 0.3 is 7.94 Å². The van der Waals surface area contributed by atoms with Gasteiger partial charge in [-0.2, -0.15) is 4.89 Å². The molecule has 4 heterocycles. The third kappa shape index (κ3) is 2.39. The van der Waals surface area contributed by atoms with Gasteiger partial charge in [0.05, 0.1) is 6.20 Å². The standard InChI is InChI=1S/C14H26N6OP/c21-22(17-8-1-2-9-17,18-10-3-4-11-18)20-12-5-6-14(20)19-13-7-15-16-19/h7,13-14,21H,1-6,8-12H2/q+1. The second kappa shape index (κ2) is 6.13. The van der Waals surface area contributed by atoms with Crippen LogP contribution in [-0.4, -0.2) is 66.6 Å². The fourth-order valence-corrected chi connectivity index (χ4v) is 7.77. The second-order valence-electron chi connectivity index (χ2n) is 6.53. The summed E-state index contributed by atoms with van der Waals surface area (Å²) in [7, 11) is -2.40. The van der Waals surface area contributed by atoms with Crippen molar-refractivity contribution in [3.63, 3.8) is 0 Å². The topological polar surface area (TPSA) is 60.7 Å². The first kappa shape index (κ1) is 15.0. The fraction of sp³-hybridized carbons (Fsp3) is 0.857. The summed E-state index contributed by atoms with van der Waals surface area (Å²) in [6.45, 7) is 5.08. The van der Waals surface area contributed by atoms with Crippen LogP contribution in [0.3, 0.4) is 0 Å². The molecule has 1 atom stereocenters. The van der Waals surface area contributed by atoms with Crippen molar-refractivity contribution >= 4 is 7.94 Å². The van der Waals surface area contributed by atoms with Gasteiger partial charge in [0.25, 0.3) is 0 Å². The summed E-state index contributed by atoms with van der Waals surface area (Å²) in [5, 5.41) is 8.18. The first-order chi connectivity index (χ1) is 10.8. The highest BCUT2D eigenvalue weighted by atomic mass is 31.2. The highest BCUT2D eigenvalue weighted by Crippen LogP contribution is 2.69. The number of nitrogens with zero attached hydrogens (tertiary/aromatic N) is 6. The maximum absolute atomic E-state index is 11.9. The van der Waals surface area contributed by atoms with Crippen molar-refractivity contribution in [1.29, 1.82) is 0 Å². The van der Waals surface area contributed by atoms with Gasteiger partial charge in [-0.1, -0.05) is 9.88 Å². The quantitative estimate of drug-likeness (QED) is 0.851. The zero-order valence-electron chi connectivity index (χ0n) is 13.1. The molecular weight excluding hydrogens is 299 g/mol. The van der Waals surface area contributed by atoms with E-state index in [1.807, 2.05) is 10.9 Å². The van der Waals surface area contributed by atoms with Crippen LogP contribution >= 0.6 is 7.94 Å². The van der Waals surface area contributed by atoms with Crippen LogP contribution in [0.25, 0.3) is 0 Å². The van der Waals surface area contributed by atoms with Gasteiger partial charge in [-0.15, -0.1) is 14.4 Å². The average Bonchev–Trinajstić information content (AvgIpc) is 3.37. The van der Waals surface area contributed by atoms with Crippen LogP contribution in [0, 0.1) is 0 Å². The van der Waals surface area contributed by atoms with Crippen molar-refractivity contribution in [2.45, 2.75) is 44.7 Å². The van der Waals surface area contributed by atoms with E-state index < -0.39 is 7.94 Å². The van der Waals surface area contributed by atoms with Crippen molar-refractivity contribution in [1.82, 2.24) is 29.0 Å². The fourth-order valence-electron chi connectivity index (χ4n) is 4.13. The smallest absolute Gasteiger partial charge is 0.232 e. The number of hydrogen-bond donors (Lipinski definition) is 1. The first-order valence-electron chi connectivity index (χ1n) is 8.56. The van der Waals surface area contributed by atoms with Gasteiger partial charge < -0.3 is 0 Å². The molecule has 122 valence electrons. The van der Waals surface area contributed by atoms with Crippen LogP contribution in [0.15, 0.2) is 12.4 Å². The SMILES string of the molecule is O[P+](N1CCCC1)(N1CCCC1)N1CCCC1n1ccnn1. The van der Waals surface area contributed by atoms with Gasteiger partial charge in [-0.25, -0.2) is 4.68 Å². The number of hydrogen-bond acceptors (Lipinski definition) is 6. The molecule has 3 aliphatic heterocycles. The van der Waals surface area contributed by atoms with Crippen molar-refractivity contribution < 1.29 is 4.89 Å². The van der Waals surface area contributed by atoms with Crippen LogP contribution < -0.4 is 0 Å². The molecule has 1 aromatic heterocycles. The molecule has 3 fully saturated rings. The van der Waals surface area contributed by atoms with Crippen molar-refractivity contribution in [2.75, 3.05) is 32.7 Å². The van der Waals surface area contributed by atoms with E-state index in [0.717, 1.165) is 45.6 Å². The lowest BCUT2D eigenvalue weighted by molar-refractivity contribution is 0.208. The Morgan fingerprint density at radius 1 is 0.909 bits per heavy atom. The summed E-state index contributed by atoms with van der Waals surface area (Å²) in [6.07, 6.45) is 10.8. The van der Waals surface area contributed by atoms with Gasteiger partial charge in [0, 0.05) is 38.9 Å². The summed E-state index contributed by atoms with van der Waals surface area (Å²) in [6, 6.07) is 0. The third-order valence-electron chi connectivity index (χ3n) is 5.21. The molecule has 8 heteroatoms. The molecule has 22 heavy (non-hydrogen) atoms. The Morgan fingerprint density at radius 3 is 2.09 bits per heavy atom. The average molecular weight is 325 g/mol. The largest absolute Gasteiger partial charge is 0.370 e. The summed E-state index contributed by atoms with van der Waals surface area (Å²) < 4.78 is 9.06. The Kier molecular flexibility index (Phi) is 4.17. The van der Waals surface area contributed by atoms with Crippen LogP contribution in [0.5, 0.6) is 0 Å². The zero-order valence-corrected chi connectivity index (χ0v) is 14.0. The molecule has 0 aliphatic carbocycles. The van der Waals surface area contributed by atoms with E-state index >= 15 is 0 Å². The van der Waals surface area contributed by atoms with Gasteiger partial charge in [0.1, 0.15) is 6.17 Å². The minimum absolute atomic E-state index is 0.155. The summed E-state index contributed by atoms with van der Waals surface area (Å²) in [4.78, 5) is 11.9. The maximum Gasteiger partial charge on any atom is 0.370 e. The molecule has 0 saturated carbocycles. The minimum atomic E-state index is -2.40. The molecule has 1 aromatic rings. The van der Waals surface area contributed by atoms with Crippen molar-refractivity contribution in [2.24, 2.45) is 0 Å². The Morgan fingerprint density at radius 2 is 1.55 bits per heavy atom. The van der Waals surface area contributed by atoms with Crippen LogP contribution in [0.4, 0.5) is 0 Å². The van der Waals surface area contributed by atoms with E-state index in [9.17, 15) is 4.89 Å². The van der Waals surface area contributed by atoms with E-state index in [-0.39, 0.29) is 6.17 Å². The Hall–Kier alpha value is -0.590. The Balaban J connectivity index is 1.66. The van der Waals surface area contributed by atoms with Gasteiger partial charge in [0.15, 0.2) is 0 Å². The molecule has 1 unspecified atom stereocenters. The molecule has 0 aromatic carbocycles. The summed E-state index contributed by atoms with van der Waals surface area (Å²) in [5.74, 6) is 0. The Bertz CT molecular complexity index is 470. The van der Waals surface area contributed by atoms with Gasteiger partial charge in [-0.05, 0) is 38.5 Å². The third-order valence-corrected chi connectivity index (χ3v) is 8.68. The molecule has 3 aliphatic rings. The van der Waals surface area contributed by atoms with Crippen molar-refractivity contribution in [3.8, 4) is 0 Å².